The molecule has 7 rings (SSSR count). The van der Waals surface area contributed by atoms with Gasteiger partial charge in [-0.1, -0.05) is 24.3 Å². The number of nitrogens with zero attached hydrogens (tertiary/aromatic N) is 3. The van der Waals surface area contributed by atoms with Crippen LogP contribution in [0.5, 0.6) is 5.75 Å². The minimum absolute atomic E-state index is 0.0141. The van der Waals surface area contributed by atoms with Crippen molar-refractivity contribution in [2.45, 2.75) is 57.2 Å². The van der Waals surface area contributed by atoms with E-state index in [2.05, 4.69) is 4.90 Å². The Morgan fingerprint density at radius 3 is 2.71 bits per heavy atom. The lowest BCUT2D eigenvalue weighted by Gasteiger charge is -2.42. The second-order valence-electron chi connectivity index (χ2n) is 11.9. The van der Waals surface area contributed by atoms with E-state index in [-0.39, 0.29) is 40.7 Å². The summed E-state index contributed by atoms with van der Waals surface area (Å²) in [7, 11) is 0. The van der Waals surface area contributed by atoms with Crippen LogP contribution in [-0.4, -0.2) is 38.1 Å². The maximum Gasteiger partial charge on any atom is 0.255 e. The Hall–Kier alpha value is -4.44. The van der Waals surface area contributed by atoms with E-state index in [1.165, 1.54) is 6.07 Å². The summed E-state index contributed by atoms with van der Waals surface area (Å²) in [5.41, 5.74) is 7.95. The molecule has 1 amide bonds. The maximum absolute atomic E-state index is 13.8. The summed E-state index contributed by atoms with van der Waals surface area (Å²) in [5, 5.41) is 11.8. The number of aromatic nitrogens is 2. The zero-order valence-corrected chi connectivity index (χ0v) is 23.1. The SMILES string of the molecule is NC(=O)C[C@@H](c1oc(CN2C[C@H]3C[C@@H](C2)c2cccc(=O)n2C3)cc(=O)c1O)c1cc2cccc3c2n(c1=O)CCC3. The molecule has 0 unspecified atom stereocenters. The molecule has 42 heavy (non-hydrogen) atoms. The average Bonchev–Trinajstić information content (AvgIpc) is 2.96. The van der Waals surface area contributed by atoms with E-state index in [0.29, 0.717) is 31.9 Å². The van der Waals surface area contributed by atoms with E-state index in [4.69, 9.17) is 10.2 Å². The summed E-state index contributed by atoms with van der Waals surface area (Å²) in [6.45, 7) is 2.89. The molecule has 10 heteroatoms. The molecule has 3 atom stereocenters. The number of piperidine rings is 1. The van der Waals surface area contributed by atoms with Crippen LogP contribution in [0.4, 0.5) is 0 Å². The van der Waals surface area contributed by atoms with Crippen LogP contribution in [0.25, 0.3) is 10.9 Å². The third-order valence-electron chi connectivity index (χ3n) is 9.08. The van der Waals surface area contributed by atoms with Crippen molar-refractivity contribution in [3.05, 3.63) is 108 Å². The van der Waals surface area contributed by atoms with Crippen LogP contribution in [0, 0.1) is 5.92 Å². The number of aryl methyl sites for hydroxylation is 2. The minimum atomic E-state index is -1.03. The number of fused-ring (bicyclic) bond motifs is 4. The molecule has 6 heterocycles. The van der Waals surface area contributed by atoms with E-state index < -0.39 is 23.0 Å². The van der Waals surface area contributed by atoms with Gasteiger partial charge in [-0.2, -0.15) is 0 Å². The number of likely N-dealkylation sites (tertiary alicyclic amines) is 1. The summed E-state index contributed by atoms with van der Waals surface area (Å²) in [6.07, 6.45) is 2.36. The third-order valence-corrected chi connectivity index (χ3v) is 9.08. The summed E-state index contributed by atoms with van der Waals surface area (Å²) in [5.74, 6) is -1.67. The number of primary amides is 1. The number of aromatic hydroxyl groups is 1. The van der Waals surface area contributed by atoms with Crippen molar-refractivity contribution in [3.63, 3.8) is 0 Å². The normalized spacial score (nSPS) is 20.3. The molecule has 3 aliphatic rings. The summed E-state index contributed by atoms with van der Waals surface area (Å²) >= 11 is 0. The Balaban J connectivity index is 1.27. The lowest BCUT2D eigenvalue weighted by Crippen LogP contribution is -2.46. The molecule has 1 aromatic carbocycles. The number of benzene rings is 1. The molecule has 0 saturated carbocycles. The number of carbonyl (C=O) groups excluding carboxylic acids is 1. The Kier molecular flexibility index (Phi) is 6.38. The van der Waals surface area contributed by atoms with Gasteiger partial charge < -0.3 is 24.4 Å². The molecule has 1 fully saturated rings. The molecule has 4 aromatic rings. The van der Waals surface area contributed by atoms with Crippen molar-refractivity contribution in [1.29, 1.82) is 0 Å². The average molecular weight is 569 g/mol. The van der Waals surface area contributed by atoms with E-state index in [0.717, 1.165) is 48.0 Å². The van der Waals surface area contributed by atoms with Crippen molar-refractivity contribution in [2.75, 3.05) is 13.1 Å². The topological polar surface area (TPSA) is 141 Å². The number of pyridine rings is 2. The molecule has 0 aliphatic carbocycles. The largest absolute Gasteiger partial charge is 0.502 e. The van der Waals surface area contributed by atoms with Crippen LogP contribution in [0.15, 0.2) is 67.3 Å². The van der Waals surface area contributed by atoms with Gasteiger partial charge in [0, 0.05) is 61.9 Å². The zero-order valence-electron chi connectivity index (χ0n) is 23.1. The lowest BCUT2D eigenvalue weighted by atomic mass is 9.83. The van der Waals surface area contributed by atoms with E-state index in [1.807, 2.05) is 28.8 Å². The smallest absolute Gasteiger partial charge is 0.255 e. The number of rotatable bonds is 6. The predicted molar refractivity (Wildman–Crippen MR) is 156 cm³/mol. The highest BCUT2D eigenvalue weighted by molar-refractivity contribution is 5.84. The van der Waals surface area contributed by atoms with Gasteiger partial charge in [-0.15, -0.1) is 0 Å². The molecule has 3 aliphatic heterocycles. The van der Waals surface area contributed by atoms with Crippen LogP contribution < -0.4 is 22.3 Å². The van der Waals surface area contributed by atoms with Gasteiger partial charge in [0.05, 0.1) is 18.0 Å². The van der Waals surface area contributed by atoms with Crippen LogP contribution >= 0.6 is 0 Å². The van der Waals surface area contributed by atoms with Gasteiger partial charge in [-0.25, -0.2) is 0 Å². The first-order chi connectivity index (χ1) is 20.3. The molecule has 1 saturated heterocycles. The van der Waals surface area contributed by atoms with Crippen LogP contribution in [-0.2, 0) is 30.8 Å². The number of hydrogen-bond acceptors (Lipinski definition) is 7. The van der Waals surface area contributed by atoms with Gasteiger partial charge in [-0.05, 0) is 48.3 Å². The van der Waals surface area contributed by atoms with Crippen LogP contribution in [0.3, 0.4) is 0 Å². The second-order valence-corrected chi connectivity index (χ2v) is 11.9. The monoisotopic (exact) mass is 568 g/mol. The quantitative estimate of drug-likeness (QED) is 0.364. The zero-order chi connectivity index (χ0) is 29.1. The number of para-hydroxylation sites is 1. The molecule has 216 valence electrons. The third kappa shape index (κ3) is 4.46. The highest BCUT2D eigenvalue weighted by Crippen LogP contribution is 2.37. The van der Waals surface area contributed by atoms with Crippen molar-refractivity contribution in [3.8, 4) is 5.75 Å². The van der Waals surface area contributed by atoms with E-state index in [9.17, 15) is 24.3 Å². The molecule has 3 N–H and O–H groups in total. The van der Waals surface area contributed by atoms with Gasteiger partial charge >= 0.3 is 0 Å². The Labute approximate surface area is 240 Å². The van der Waals surface area contributed by atoms with E-state index >= 15 is 0 Å². The minimum Gasteiger partial charge on any atom is -0.502 e. The molecular formula is C32H32N4O6. The predicted octanol–water partition coefficient (Wildman–Crippen LogP) is 2.39. The van der Waals surface area contributed by atoms with Gasteiger partial charge in [0.25, 0.3) is 11.1 Å². The fourth-order valence-corrected chi connectivity index (χ4v) is 7.40. The van der Waals surface area contributed by atoms with Crippen molar-refractivity contribution >= 4 is 16.8 Å². The van der Waals surface area contributed by atoms with Crippen LogP contribution in [0.1, 0.15) is 59.4 Å². The standard InChI is InChI=1S/C32H32N4O6/c33-27(38)13-23(24-11-20-5-1-4-19-6-3-9-35(29(19)20)32(24)41)31-30(40)26(37)12-22(42-31)17-34-14-18-10-21(16-34)25-7-2-8-28(39)36(25)15-18/h1-2,4-5,7-8,11-12,18,21,23,40H,3,6,9-10,13-17H2,(H2,33,38)/t18-,21+,23-/m1/s1. The van der Waals surface area contributed by atoms with Gasteiger partial charge in [0.2, 0.25) is 17.1 Å². The highest BCUT2D eigenvalue weighted by Gasteiger charge is 2.35. The lowest BCUT2D eigenvalue weighted by molar-refractivity contribution is -0.118. The Morgan fingerprint density at radius 2 is 1.88 bits per heavy atom. The second kappa shape index (κ2) is 10.1. The Morgan fingerprint density at radius 1 is 1.05 bits per heavy atom. The van der Waals surface area contributed by atoms with Gasteiger partial charge in [0.1, 0.15) is 5.76 Å². The Bertz CT molecular complexity index is 1920. The van der Waals surface area contributed by atoms with Crippen molar-refractivity contribution < 1.29 is 14.3 Å². The van der Waals surface area contributed by atoms with Gasteiger partial charge in [-0.3, -0.25) is 24.1 Å². The fourth-order valence-electron chi connectivity index (χ4n) is 7.40. The molecule has 0 spiro atoms. The summed E-state index contributed by atoms with van der Waals surface area (Å²) in [6, 6.07) is 14.2. The summed E-state index contributed by atoms with van der Waals surface area (Å²) < 4.78 is 9.77. The molecule has 3 aromatic heterocycles. The first kappa shape index (κ1) is 26.5. The van der Waals surface area contributed by atoms with Crippen LogP contribution in [0.2, 0.25) is 0 Å². The maximum atomic E-state index is 13.8. The van der Waals surface area contributed by atoms with Crippen molar-refractivity contribution in [2.24, 2.45) is 11.7 Å². The highest BCUT2D eigenvalue weighted by atomic mass is 16.4. The number of nitrogens with two attached hydrogens (primary N) is 1. The first-order valence-electron chi connectivity index (χ1n) is 14.5. The number of hydrogen-bond donors (Lipinski definition) is 2. The molecular weight excluding hydrogens is 536 g/mol. The number of carbonyl (C=O) groups is 1. The number of amides is 1. The fraction of sp³-hybridized carbons (Fsp3) is 0.375. The van der Waals surface area contributed by atoms with E-state index in [1.54, 1.807) is 22.8 Å². The molecule has 2 bridgehead atoms. The van der Waals surface area contributed by atoms with Gasteiger partial charge in [0.15, 0.2) is 5.76 Å². The summed E-state index contributed by atoms with van der Waals surface area (Å²) in [4.78, 5) is 53.7. The first-order valence-corrected chi connectivity index (χ1v) is 14.5. The molecule has 10 nitrogen and oxygen atoms in total. The van der Waals surface area contributed by atoms with Crippen molar-refractivity contribution in [1.82, 2.24) is 14.0 Å². The molecule has 0 radical (unpaired) electrons.